The fraction of sp³-hybridized carbons (Fsp3) is 0.125. The molecule has 0 saturated carbocycles. The van der Waals surface area contributed by atoms with Crippen molar-refractivity contribution >= 4 is 33.3 Å². The van der Waals surface area contributed by atoms with E-state index in [4.69, 9.17) is 15.0 Å². The third-order valence-electron chi connectivity index (χ3n) is 5.92. The molecule has 0 amide bonds. The van der Waals surface area contributed by atoms with Gasteiger partial charge >= 0.3 is 0 Å². The molecule has 0 atom stereocenters. The van der Waals surface area contributed by atoms with E-state index in [1.54, 1.807) is 11.3 Å². The van der Waals surface area contributed by atoms with Crippen LogP contribution >= 0.6 is 11.3 Å². The Morgan fingerprint density at radius 2 is 1.62 bits per heavy atom. The van der Waals surface area contributed by atoms with Gasteiger partial charge in [-0.05, 0) is 6.92 Å². The lowest BCUT2D eigenvalue weighted by atomic mass is 10.1. The minimum Gasteiger partial charge on any atom is -0.292 e. The summed E-state index contributed by atoms with van der Waals surface area (Å²) in [5.41, 5.74) is 4.01. The first-order valence-corrected chi connectivity index (χ1v) is 11.3. The number of aliphatic imine (C=N–C) groups is 1. The lowest BCUT2D eigenvalue weighted by Gasteiger charge is -2.25. The highest BCUT2D eigenvalue weighted by molar-refractivity contribution is 7.21. The molecule has 2 aliphatic rings. The summed E-state index contributed by atoms with van der Waals surface area (Å²) in [6, 6.07) is 20.5. The van der Waals surface area contributed by atoms with Crippen LogP contribution in [0.2, 0.25) is 0 Å². The van der Waals surface area contributed by atoms with Crippen LogP contribution in [-0.2, 0) is 0 Å². The number of aromatic nitrogens is 5. The van der Waals surface area contributed by atoms with Gasteiger partial charge in [0.25, 0.3) is 0 Å². The predicted octanol–water partition coefficient (Wildman–Crippen LogP) is 4.49. The van der Waals surface area contributed by atoms with Gasteiger partial charge in [-0.2, -0.15) is 0 Å². The molecule has 8 heteroatoms. The lowest BCUT2D eigenvalue weighted by molar-refractivity contribution is 0.915. The molecule has 5 heterocycles. The molecule has 0 saturated heterocycles. The van der Waals surface area contributed by atoms with Crippen molar-refractivity contribution in [2.45, 2.75) is 6.92 Å². The van der Waals surface area contributed by atoms with Crippen LogP contribution in [0.3, 0.4) is 0 Å². The maximum absolute atomic E-state index is 5.08. The molecule has 154 valence electrons. The third kappa shape index (κ3) is 2.38. The van der Waals surface area contributed by atoms with Crippen LogP contribution in [0, 0.1) is 6.92 Å². The van der Waals surface area contributed by atoms with E-state index in [2.05, 4.69) is 31.8 Å². The Labute approximate surface area is 187 Å². The molecule has 32 heavy (non-hydrogen) atoms. The number of anilines is 1. The molecule has 0 aliphatic carbocycles. The number of hydrogen-bond acceptors (Lipinski definition) is 7. The fourth-order valence-electron chi connectivity index (χ4n) is 4.50. The van der Waals surface area contributed by atoms with Crippen LogP contribution < -0.4 is 4.90 Å². The first-order chi connectivity index (χ1) is 15.8. The second-order valence-electron chi connectivity index (χ2n) is 7.83. The first kappa shape index (κ1) is 17.7. The van der Waals surface area contributed by atoms with Crippen molar-refractivity contribution in [3.63, 3.8) is 0 Å². The Balaban J connectivity index is 1.62. The van der Waals surface area contributed by atoms with E-state index >= 15 is 0 Å². The summed E-state index contributed by atoms with van der Waals surface area (Å²) in [7, 11) is 0. The topological polar surface area (TPSA) is 72.1 Å². The minimum absolute atomic E-state index is 0.724. The summed E-state index contributed by atoms with van der Waals surface area (Å²) in [5, 5.41) is 9.89. The number of rotatable bonds is 2. The van der Waals surface area contributed by atoms with Crippen LogP contribution in [0.25, 0.3) is 38.5 Å². The Kier molecular flexibility index (Phi) is 3.63. The smallest absolute Gasteiger partial charge is 0.237 e. The van der Waals surface area contributed by atoms with E-state index in [1.807, 2.05) is 55.5 Å². The summed E-state index contributed by atoms with van der Waals surface area (Å²) in [4.78, 5) is 19.1. The monoisotopic (exact) mass is 435 g/mol. The molecule has 0 bridgehead atoms. The van der Waals surface area contributed by atoms with Gasteiger partial charge in [0.05, 0.1) is 28.2 Å². The van der Waals surface area contributed by atoms with Gasteiger partial charge in [0.15, 0.2) is 5.82 Å². The summed E-state index contributed by atoms with van der Waals surface area (Å²) in [5.74, 6) is 3.35. The first-order valence-electron chi connectivity index (χ1n) is 10.5. The minimum atomic E-state index is 0.724. The normalized spacial score (nSPS) is 14.3. The second-order valence-corrected chi connectivity index (χ2v) is 8.83. The highest BCUT2D eigenvalue weighted by Crippen LogP contribution is 2.45. The van der Waals surface area contributed by atoms with Crippen LogP contribution in [0.1, 0.15) is 10.7 Å². The molecule has 0 radical (unpaired) electrons. The standard InChI is InChI=1S/C24H17N7S/c1-14-28-29-24-30-13-12-25-22(30)20-19(31(14)24)17-18(15-8-4-2-5-9-15)26-21(27-23(17)32-20)16-10-6-3-7-11-16/h2-11H,12-13H2,1H3. The van der Waals surface area contributed by atoms with Gasteiger partial charge in [-0.15, -0.1) is 21.5 Å². The van der Waals surface area contributed by atoms with Crippen molar-refractivity contribution in [2.24, 2.45) is 4.99 Å². The highest BCUT2D eigenvalue weighted by Gasteiger charge is 2.37. The number of fused-ring (bicyclic) bond motifs is 8. The second kappa shape index (κ2) is 6.54. The van der Waals surface area contributed by atoms with Gasteiger partial charge in [-0.3, -0.25) is 14.5 Å². The summed E-state index contributed by atoms with van der Waals surface area (Å²) in [6.45, 7) is 3.55. The van der Waals surface area contributed by atoms with Crippen LogP contribution in [-0.4, -0.2) is 43.7 Å². The van der Waals surface area contributed by atoms with Gasteiger partial charge in [-0.25, -0.2) is 9.97 Å². The van der Waals surface area contributed by atoms with Crippen molar-refractivity contribution in [2.75, 3.05) is 18.0 Å². The predicted molar refractivity (Wildman–Crippen MR) is 127 cm³/mol. The lowest BCUT2D eigenvalue weighted by Crippen LogP contribution is -2.34. The maximum Gasteiger partial charge on any atom is 0.237 e. The van der Waals surface area contributed by atoms with E-state index in [1.165, 1.54) is 0 Å². The molecule has 5 aromatic rings. The number of thiophene rings is 1. The van der Waals surface area contributed by atoms with Crippen LogP contribution in [0.15, 0.2) is 65.7 Å². The van der Waals surface area contributed by atoms with Crippen LogP contribution in [0.5, 0.6) is 0 Å². The van der Waals surface area contributed by atoms with Gasteiger partial charge in [-0.1, -0.05) is 60.7 Å². The molecule has 7 rings (SSSR count). The Morgan fingerprint density at radius 1 is 0.875 bits per heavy atom. The Bertz CT molecular complexity index is 1530. The summed E-state index contributed by atoms with van der Waals surface area (Å²) in [6.07, 6.45) is 0. The van der Waals surface area contributed by atoms with Gasteiger partial charge < -0.3 is 0 Å². The molecule has 2 aliphatic heterocycles. The fourth-order valence-corrected chi connectivity index (χ4v) is 5.67. The zero-order chi connectivity index (χ0) is 21.2. The maximum atomic E-state index is 5.08. The molecular weight excluding hydrogens is 418 g/mol. The van der Waals surface area contributed by atoms with E-state index in [0.717, 1.165) is 74.1 Å². The molecule has 3 aromatic heterocycles. The Hall–Kier alpha value is -3.91. The van der Waals surface area contributed by atoms with E-state index in [0.29, 0.717) is 0 Å². The molecule has 0 fully saturated rings. The van der Waals surface area contributed by atoms with Gasteiger partial charge in [0, 0.05) is 17.7 Å². The molecule has 0 unspecified atom stereocenters. The summed E-state index contributed by atoms with van der Waals surface area (Å²) < 4.78 is 2.14. The Morgan fingerprint density at radius 3 is 2.41 bits per heavy atom. The number of nitrogens with zero attached hydrogens (tertiary/aromatic N) is 7. The largest absolute Gasteiger partial charge is 0.292 e. The van der Waals surface area contributed by atoms with E-state index in [-0.39, 0.29) is 0 Å². The molecular formula is C24H17N7S. The average molecular weight is 436 g/mol. The van der Waals surface area contributed by atoms with Crippen LogP contribution in [0.4, 0.5) is 5.95 Å². The van der Waals surface area contributed by atoms with Crippen molar-refractivity contribution in [1.29, 1.82) is 0 Å². The average Bonchev–Trinajstić information content (AvgIpc) is 3.56. The van der Waals surface area contributed by atoms with Crippen molar-refractivity contribution in [1.82, 2.24) is 24.7 Å². The number of benzene rings is 2. The number of aryl methyl sites for hydroxylation is 1. The SMILES string of the molecule is Cc1nnc2n1-c1c(sc3nc(-c4ccccc4)nc(-c4ccccc4)c13)C1=NCCN12. The molecule has 0 spiro atoms. The van der Waals surface area contributed by atoms with Gasteiger partial charge in [0.2, 0.25) is 5.95 Å². The summed E-state index contributed by atoms with van der Waals surface area (Å²) >= 11 is 1.67. The number of hydrogen-bond donors (Lipinski definition) is 0. The third-order valence-corrected chi connectivity index (χ3v) is 6.99. The molecule has 2 aromatic carbocycles. The zero-order valence-corrected chi connectivity index (χ0v) is 18.0. The van der Waals surface area contributed by atoms with E-state index < -0.39 is 0 Å². The quantitative estimate of drug-likeness (QED) is 0.408. The molecule has 0 N–H and O–H groups in total. The van der Waals surface area contributed by atoms with Gasteiger partial charge in [0.1, 0.15) is 16.5 Å². The highest BCUT2D eigenvalue weighted by atomic mass is 32.1. The van der Waals surface area contributed by atoms with Crippen molar-refractivity contribution in [3.05, 3.63) is 71.4 Å². The molecule has 7 nitrogen and oxygen atoms in total. The van der Waals surface area contributed by atoms with Crippen molar-refractivity contribution < 1.29 is 0 Å². The number of amidine groups is 1. The zero-order valence-electron chi connectivity index (χ0n) is 17.2. The van der Waals surface area contributed by atoms with Crippen molar-refractivity contribution in [3.8, 4) is 28.3 Å². The van der Waals surface area contributed by atoms with E-state index in [9.17, 15) is 0 Å².